The first-order valence-electron chi connectivity index (χ1n) is 4.49. The van der Waals surface area contributed by atoms with Crippen LogP contribution in [0.15, 0.2) is 0 Å². The Hall–Kier alpha value is -1.06. The van der Waals surface area contributed by atoms with Gasteiger partial charge in [-0.05, 0) is 12.3 Å². The van der Waals surface area contributed by atoms with E-state index < -0.39 is 0 Å². The van der Waals surface area contributed by atoms with Crippen molar-refractivity contribution in [1.29, 1.82) is 0 Å². The van der Waals surface area contributed by atoms with Crippen molar-refractivity contribution in [3.05, 3.63) is 0 Å². The number of amides is 2. The van der Waals surface area contributed by atoms with Crippen molar-refractivity contribution in [1.82, 2.24) is 5.32 Å². The number of nitrogens with one attached hydrogen (secondary N) is 1. The second kappa shape index (κ2) is 5.56. The van der Waals surface area contributed by atoms with Gasteiger partial charge in [0.15, 0.2) is 0 Å². The van der Waals surface area contributed by atoms with Gasteiger partial charge in [0.05, 0.1) is 0 Å². The Labute approximate surface area is 78.9 Å². The minimum Gasteiger partial charge on any atom is -0.370 e. The van der Waals surface area contributed by atoms with E-state index in [1.165, 1.54) is 6.92 Å². The normalized spacial score (nSPS) is 12.6. The molecule has 0 aliphatic heterocycles. The number of primary amides is 1. The largest absolute Gasteiger partial charge is 0.370 e. The first-order chi connectivity index (χ1) is 5.93. The van der Waals surface area contributed by atoms with Crippen LogP contribution in [0.1, 0.15) is 33.6 Å². The molecule has 0 rings (SSSR count). The van der Waals surface area contributed by atoms with Crippen LogP contribution in [0.25, 0.3) is 0 Å². The van der Waals surface area contributed by atoms with Gasteiger partial charge in [-0.2, -0.15) is 0 Å². The highest BCUT2D eigenvalue weighted by Crippen LogP contribution is 2.07. The fraction of sp³-hybridized carbons (Fsp3) is 0.778. The van der Waals surface area contributed by atoms with Gasteiger partial charge in [-0.15, -0.1) is 0 Å². The van der Waals surface area contributed by atoms with E-state index in [0.29, 0.717) is 18.8 Å². The Bertz CT molecular complexity index is 190. The van der Waals surface area contributed by atoms with Crippen molar-refractivity contribution >= 4 is 11.8 Å². The Morgan fingerprint density at radius 2 is 1.92 bits per heavy atom. The van der Waals surface area contributed by atoms with Gasteiger partial charge in [-0.1, -0.05) is 13.8 Å². The van der Waals surface area contributed by atoms with Crippen LogP contribution in [-0.2, 0) is 9.59 Å². The average Bonchev–Trinajstić information content (AvgIpc) is 1.96. The van der Waals surface area contributed by atoms with Crippen LogP contribution in [-0.4, -0.2) is 17.9 Å². The molecular weight excluding hydrogens is 168 g/mol. The van der Waals surface area contributed by atoms with E-state index in [1.54, 1.807) is 0 Å². The van der Waals surface area contributed by atoms with Crippen molar-refractivity contribution in [3.63, 3.8) is 0 Å². The summed E-state index contributed by atoms with van der Waals surface area (Å²) < 4.78 is 0. The summed E-state index contributed by atoms with van der Waals surface area (Å²) in [5.74, 6) is -0.0672. The predicted octanol–water partition coefficient (Wildman–Crippen LogP) is 0.413. The zero-order valence-corrected chi connectivity index (χ0v) is 8.46. The van der Waals surface area contributed by atoms with Gasteiger partial charge in [0.25, 0.3) is 0 Å². The highest BCUT2D eigenvalue weighted by Gasteiger charge is 2.14. The summed E-state index contributed by atoms with van der Waals surface area (Å²) in [6, 6.07) is 0.0463. The molecule has 0 aromatic carbocycles. The Morgan fingerprint density at radius 1 is 1.38 bits per heavy atom. The third kappa shape index (κ3) is 6.13. The number of nitrogens with two attached hydrogens (primary N) is 1. The topological polar surface area (TPSA) is 72.2 Å². The molecule has 3 N–H and O–H groups in total. The number of hydrogen-bond acceptors (Lipinski definition) is 2. The molecule has 0 bridgehead atoms. The Balaban J connectivity index is 3.95. The maximum absolute atomic E-state index is 10.8. The molecule has 0 fully saturated rings. The average molecular weight is 186 g/mol. The lowest BCUT2D eigenvalue weighted by molar-refractivity contribution is -0.121. The second-order valence-corrected chi connectivity index (χ2v) is 3.56. The maximum atomic E-state index is 10.8. The van der Waals surface area contributed by atoms with Gasteiger partial charge in [-0.25, -0.2) is 0 Å². The minimum absolute atomic E-state index is 0.0463. The molecule has 0 saturated carbocycles. The lowest BCUT2D eigenvalue weighted by Crippen LogP contribution is -2.37. The molecule has 1 atom stereocenters. The fourth-order valence-electron chi connectivity index (χ4n) is 1.13. The number of carbonyl (C=O) groups excluding carboxylic acids is 2. The maximum Gasteiger partial charge on any atom is 0.217 e. The lowest BCUT2D eigenvalue weighted by atomic mass is 9.99. The molecule has 1 unspecified atom stereocenters. The summed E-state index contributed by atoms with van der Waals surface area (Å²) in [5.41, 5.74) is 5.02. The Kier molecular flexibility index (Phi) is 5.11. The highest BCUT2D eigenvalue weighted by molar-refractivity contribution is 5.74. The first kappa shape index (κ1) is 11.9. The quantitative estimate of drug-likeness (QED) is 0.652. The fourth-order valence-corrected chi connectivity index (χ4v) is 1.13. The standard InChI is InChI=1S/C9H18N2O2/c1-6(2)8(11-7(3)12)4-5-9(10)13/h6,8H,4-5H2,1-3H3,(H2,10,13)(H,11,12). The second-order valence-electron chi connectivity index (χ2n) is 3.56. The van der Waals surface area contributed by atoms with E-state index in [0.717, 1.165) is 0 Å². The van der Waals surface area contributed by atoms with Crippen LogP contribution >= 0.6 is 0 Å². The van der Waals surface area contributed by atoms with Crippen molar-refractivity contribution in [2.75, 3.05) is 0 Å². The Morgan fingerprint density at radius 3 is 2.23 bits per heavy atom. The molecule has 13 heavy (non-hydrogen) atoms. The van der Waals surface area contributed by atoms with Crippen LogP contribution in [0, 0.1) is 5.92 Å². The number of hydrogen-bond donors (Lipinski definition) is 2. The smallest absolute Gasteiger partial charge is 0.217 e. The van der Waals surface area contributed by atoms with Gasteiger partial charge >= 0.3 is 0 Å². The first-order valence-corrected chi connectivity index (χ1v) is 4.49. The van der Waals surface area contributed by atoms with Crippen LogP contribution < -0.4 is 11.1 Å². The number of carbonyl (C=O) groups is 2. The molecule has 0 aromatic rings. The molecule has 0 aliphatic rings. The summed E-state index contributed by atoms with van der Waals surface area (Å²) in [7, 11) is 0. The monoisotopic (exact) mass is 186 g/mol. The lowest BCUT2D eigenvalue weighted by Gasteiger charge is -2.20. The van der Waals surface area contributed by atoms with Crippen LogP contribution in [0.2, 0.25) is 0 Å². The molecule has 2 amide bonds. The van der Waals surface area contributed by atoms with Crippen molar-refractivity contribution in [2.45, 2.75) is 39.7 Å². The molecule has 0 spiro atoms. The van der Waals surface area contributed by atoms with Gasteiger partial charge in [-0.3, -0.25) is 9.59 Å². The van der Waals surface area contributed by atoms with Crippen molar-refractivity contribution in [2.24, 2.45) is 11.7 Å². The number of rotatable bonds is 5. The zero-order chi connectivity index (χ0) is 10.4. The molecule has 4 heteroatoms. The molecule has 0 heterocycles. The SMILES string of the molecule is CC(=O)NC(CCC(N)=O)C(C)C. The molecule has 4 nitrogen and oxygen atoms in total. The van der Waals surface area contributed by atoms with Gasteiger partial charge in [0, 0.05) is 19.4 Å². The van der Waals surface area contributed by atoms with Crippen LogP contribution in [0.4, 0.5) is 0 Å². The third-order valence-electron chi connectivity index (χ3n) is 1.90. The van der Waals surface area contributed by atoms with E-state index in [2.05, 4.69) is 5.32 Å². The van der Waals surface area contributed by atoms with E-state index in [-0.39, 0.29) is 17.9 Å². The highest BCUT2D eigenvalue weighted by atomic mass is 16.1. The van der Waals surface area contributed by atoms with E-state index in [9.17, 15) is 9.59 Å². The summed E-state index contributed by atoms with van der Waals surface area (Å²) in [5, 5.41) is 2.79. The summed E-state index contributed by atoms with van der Waals surface area (Å²) in [6.45, 7) is 5.48. The van der Waals surface area contributed by atoms with Crippen molar-refractivity contribution in [3.8, 4) is 0 Å². The third-order valence-corrected chi connectivity index (χ3v) is 1.90. The molecule has 0 radical (unpaired) electrons. The minimum atomic E-state index is -0.323. The van der Waals surface area contributed by atoms with Gasteiger partial charge in [0.1, 0.15) is 0 Å². The van der Waals surface area contributed by atoms with E-state index in [4.69, 9.17) is 5.73 Å². The molecule has 0 saturated heterocycles. The van der Waals surface area contributed by atoms with Crippen LogP contribution in [0.5, 0.6) is 0 Å². The van der Waals surface area contributed by atoms with E-state index in [1.807, 2.05) is 13.8 Å². The van der Waals surface area contributed by atoms with Crippen LogP contribution in [0.3, 0.4) is 0 Å². The van der Waals surface area contributed by atoms with Crippen molar-refractivity contribution < 1.29 is 9.59 Å². The summed E-state index contributed by atoms with van der Waals surface area (Å²) >= 11 is 0. The molecular formula is C9H18N2O2. The van der Waals surface area contributed by atoms with Gasteiger partial charge < -0.3 is 11.1 Å². The van der Waals surface area contributed by atoms with E-state index >= 15 is 0 Å². The predicted molar refractivity (Wildman–Crippen MR) is 50.9 cm³/mol. The van der Waals surface area contributed by atoms with Gasteiger partial charge in [0.2, 0.25) is 11.8 Å². The molecule has 76 valence electrons. The zero-order valence-electron chi connectivity index (χ0n) is 8.46. The summed E-state index contributed by atoms with van der Waals surface area (Å²) in [6.07, 6.45) is 0.940. The molecule has 0 aromatic heterocycles. The summed E-state index contributed by atoms with van der Waals surface area (Å²) in [4.78, 5) is 21.3. The molecule has 0 aliphatic carbocycles.